The van der Waals surface area contributed by atoms with Gasteiger partial charge >= 0.3 is 0 Å². The molecule has 4 nitrogen and oxygen atoms in total. The Kier molecular flexibility index (Phi) is 4.18. The van der Waals surface area contributed by atoms with E-state index in [4.69, 9.17) is 10.2 Å². The van der Waals surface area contributed by atoms with Crippen LogP contribution in [0.1, 0.15) is 21.9 Å². The van der Waals surface area contributed by atoms with Crippen LogP contribution in [-0.2, 0) is 0 Å². The van der Waals surface area contributed by atoms with Gasteiger partial charge in [0.1, 0.15) is 11.6 Å². The summed E-state index contributed by atoms with van der Waals surface area (Å²) in [4.78, 5) is 11.8. The van der Waals surface area contributed by atoms with Crippen molar-refractivity contribution in [1.82, 2.24) is 0 Å². The zero-order valence-electron chi connectivity index (χ0n) is 10.9. The highest BCUT2D eigenvalue weighted by molar-refractivity contribution is 6.02. The van der Waals surface area contributed by atoms with Crippen molar-refractivity contribution < 1.29 is 13.6 Å². The number of carbonyl (C=O) groups excluding carboxylic acids is 1. The first-order valence-electron chi connectivity index (χ1n) is 5.96. The minimum atomic E-state index is -0.564. The van der Waals surface area contributed by atoms with Crippen molar-refractivity contribution in [3.05, 3.63) is 53.2 Å². The maximum atomic E-state index is 13.8. The number of rotatable bonds is 2. The predicted octanol–water partition coefficient (Wildman–Crippen LogP) is 2.29. The molecule has 1 aromatic carbocycles. The van der Waals surface area contributed by atoms with Crippen LogP contribution in [0.4, 0.5) is 10.1 Å². The molecule has 20 heavy (non-hydrogen) atoms. The normalized spacial score (nSPS) is 9.75. The average molecular weight is 272 g/mol. The largest absolute Gasteiger partial charge is 0.456 e. The molecular weight excluding hydrogens is 259 g/mol. The summed E-state index contributed by atoms with van der Waals surface area (Å²) in [5.41, 5.74) is 5.81. The smallest absolute Gasteiger partial charge is 0.291 e. The molecule has 2 rings (SSSR count). The Morgan fingerprint density at radius 3 is 2.80 bits per heavy atom. The highest BCUT2D eigenvalue weighted by Crippen LogP contribution is 2.17. The van der Waals surface area contributed by atoms with Crippen molar-refractivity contribution in [2.45, 2.75) is 6.92 Å². The molecule has 0 spiro atoms. The van der Waals surface area contributed by atoms with E-state index in [1.54, 1.807) is 19.1 Å². The third kappa shape index (κ3) is 3.25. The molecule has 1 aromatic heterocycles. The Hall–Kier alpha value is -2.58. The fraction of sp³-hybridized carbons (Fsp3) is 0.133. The average Bonchev–Trinajstić information content (AvgIpc) is 2.86. The van der Waals surface area contributed by atoms with Crippen LogP contribution in [0, 0.1) is 24.6 Å². The van der Waals surface area contributed by atoms with Crippen LogP contribution in [-0.4, -0.2) is 12.5 Å². The lowest BCUT2D eigenvalue weighted by Gasteiger charge is -2.05. The summed E-state index contributed by atoms with van der Waals surface area (Å²) in [6.45, 7) is 1.93. The van der Waals surface area contributed by atoms with Gasteiger partial charge in [0.15, 0.2) is 5.76 Å². The van der Waals surface area contributed by atoms with Crippen LogP contribution in [0.2, 0.25) is 0 Å². The first kappa shape index (κ1) is 13.8. The second-order valence-electron chi connectivity index (χ2n) is 4.06. The molecule has 102 valence electrons. The van der Waals surface area contributed by atoms with Gasteiger partial charge in [0.05, 0.1) is 12.2 Å². The number of amides is 1. The predicted molar refractivity (Wildman–Crippen MR) is 73.7 cm³/mol. The number of furan rings is 1. The Bertz CT molecular complexity index is 695. The van der Waals surface area contributed by atoms with E-state index in [9.17, 15) is 9.18 Å². The van der Waals surface area contributed by atoms with Gasteiger partial charge in [-0.2, -0.15) is 0 Å². The number of hydrogen-bond donors (Lipinski definition) is 2. The Morgan fingerprint density at radius 2 is 2.20 bits per heavy atom. The summed E-state index contributed by atoms with van der Waals surface area (Å²) in [7, 11) is 0. The van der Waals surface area contributed by atoms with E-state index in [1.807, 2.05) is 0 Å². The number of benzene rings is 1. The second-order valence-corrected chi connectivity index (χ2v) is 4.06. The number of anilines is 1. The van der Waals surface area contributed by atoms with E-state index in [0.717, 1.165) is 0 Å². The van der Waals surface area contributed by atoms with Gasteiger partial charge in [-0.05, 0) is 37.3 Å². The third-order valence-electron chi connectivity index (χ3n) is 2.52. The molecule has 0 aliphatic rings. The third-order valence-corrected chi connectivity index (χ3v) is 2.52. The molecule has 1 amide bonds. The van der Waals surface area contributed by atoms with Gasteiger partial charge < -0.3 is 15.5 Å². The number of carbonyl (C=O) groups is 1. The van der Waals surface area contributed by atoms with Gasteiger partial charge in [0, 0.05) is 5.56 Å². The van der Waals surface area contributed by atoms with Gasteiger partial charge in [0.25, 0.3) is 5.91 Å². The highest BCUT2D eigenvalue weighted by Gasteiger charge is 2.12. The van der Waals surface area contributed by atoms with Crippen molar-refractivity contribution in [1.29, 1.82) is 0 Å². The van der Waals surface area contributed by atoms with Crippen molar-refractivity contribution in [2.24, 2.45) is 5.73 Å². The summed E-state index contributed by atoms with van der Waals surface area (Å²) in [5.74, 6) is 5.02. The van der Waals surface area contributed by atoms with Crippen molar-refractivity contribution in [3.8, 4) is 11.8 Å². The lowest BCUT2D eigenvalue weighted by Crippen LogP contribution is -2.12. The number of nitrogens with two attached hydrogens (primary N) is 1. The summed E-state index contributed by atoms with van der Waals surface area (Å²) >= 11 is 0. The molecule has 3 N–H and O–H groups in total. The summed E-state index contributed by atoms with van der Waals surface area (Å²) in [6.07, 6.45) is 0. The van der Waals surface area contributed by atoms with Gasteiger partial charge in [-0.1, -0.05) is 11.8 Å². The van der Waals surface area contributed by atoms with Crippen LogP contribution in [0.25, 0.3) is 0 Å². The lowest BCUT2D eigenvalue weighted by molar-refractivity contribution is 0.0995. The first-order valence-corrected chi connectivity index (χ1v) is 5.96. The van der Waals surface area contributed by atoms with Gasteiger partial charge in [0.2, 0.25) is 0 Å². The van der Waals surface area contributed by atoms with E-state index < -0.39 is 11.7 Å². The van der Waals surface area contributed by atoms with Crippen molar-refractivity contribution >= 4 is 11.6 Å². The van der Waals surface area contributed by atoms with Crippen LogP contribution < -0.4 is 11.1 Å². The van der Waals surface area contributed by atoms with E-state index in [2.05, 4.69) is 17.2 Å². The van der Waals surface area contributed by atoms with Crippen molar-refractivity contribution in [3.63, 3.8) is 0 Å². The molecule has 5 heteroatoms. The maximum Gasteiger partial charge on any atom is 0.291 e. The van der Waals surface area contributed by atoms with Crippen LogP contribution in [0.15, 0.2) is 34.7 Å². The Balaban J connectivity index is 2.16. The fourth-order valence-corrected chi connectivity index (χ4v) is 1.59. The molecule has 0 saturated carbocycles. The quantitative estimate of drug-likeness (QED) is 0.824. The molecule has 0 aliphatic carbocycles. The van der Waals surface area contributed by atoms with Crippen LogP contribution in [0.5, 0.6) is 0 Å². The number of nitrogens with one attached hydrogen (secondary N) is 1. The number of aryl methyl sites for hydroxylation is 1. The second kappa shape index (κ2) is 6.04. The zero-order chi connectivity index (χ0) is 14.5. The van der Waals surface area contributed by atoms with E-state index in [1.165, 1.54) is 18.2 Å². The first-order chi connectivity index (χ1) is 9.60. The minimum absolute atomic E-state index is 0.0716. The van der Waals surface area contributed by atoms with E-state index in [0.29, 0.717) is 11.3 Å². The molecule has 0 radical (unpaired) electrons. The Morgan fingerprint density at radius 1 is 1.40 bits per heavy atom. The monoisotopic (exact) mass is 272 g/mol. The Labute approximate surface area is 115 Å². The molecule has 1 heterocycles. The van der Waals surface area contributed by atoms with Gasteiger partial charge in [-0.25, -0.2) is 4.39 Å². The van der Waals surface area contributed by atoms with Gasteiger partial charge in [-0.3, -0.25) is 4.79 Å². The minimum Gasteiger partial charge on any atom is -0.456 e. The summed E-state index contributed by atoms with van der Waals surface area (Å²) in [5, 5.41) is 2.44. The topological polar surface area (TPSA) is 68.3 Å². The standard InChI is InChI=1S/C15H13FN2O2/c1-10-4-7-14(20-10)15(19)18-13-6-5-11(3-2-8-17)9-12(13)16/h4-7,9H,8,17H2,1H3,(H,18,19). The summed E-state index contributed by atoms with van der Waals surface area (Å²) in [6, 6.07) is 7.49. The van der Waals surface area contributed by atoms with Crippen LogP contribution >= 0.6 is 0 Å². The molecule has 0 aliphatic heterocycles. The molecular formula is C15H13FN2O2. The molecule has 0 fully saturated rings. The van der Waals surface area contributed by atoms with Crippen LogP contribution in [0.3, 0.4) is 0 Å². The zero-order valence-corrected chi connectivity index (χ0v) is 10.9. The van der Waals surface area contributed by atoms with Gasteiger partial charge in [-0.15, -0.1) is 0 Å². The molecule has 0 saturated heterocycles. The molecule has 0 unspecified atom stereocenters. The van der Waals surface area contributed by atoms with Crippen molar-refractivity contribution in [2.75, 3.05) is 11.9 Å². The maximum absolute atomic E-state index is 13.8. The van der Waals surface area contributed by atoms with E-state index in [-0.39, 0.29) is 18.0 Å². The molecule has 0 bridgehead atoms. The fourth-order valence-electron chi connectivity index (χ4n) is 1.59. The number of hydrogen-bond acceptors (Lipinski definition) is 3. The van der Waals surface area contributed by atoms with E-state index >= 15 is 0 Å². The molecule has 0 atom stereocenters. The SMILES string of the molecule is Cc1ccc(C(=O)Nc2ccc(C#CCN)cc2F)o1. The number of halogens is 1. The summed E-state index contributed by atoms with van der Waals surface area (Å²) < 4.78 is 19.0. The lowest BCUT2D eigenvalue weighted by atomic mass is 10.2. The highest BCUT2D eigenvalue weighted by atomic mass is 19.1. The molecule has 2 aromatic rings.